The van der Waals surface area contributed by atoms with Crippen LogP contribution in [0.15, 0.2) is 24.3 Å². The summed E-state index contributed by atoms with van der Waals surface area (Å²) in [6.07, 6.45) is 0. The van der Waals surface area contributed by atoms with Gasteiger partial charge in [-0.2, -0.15) is 12.6 Å². The summed E-state index contributed by atoms with van der Waals surface area (Å²) in [6, 6.07) is 7.96. The Bertz CT molecular complexity index is 320. The summed E-state index contributed by atoms with van der Waals surface area (Å²) in [7, 11) is 0. The maximum Gasteiger partial charge on any atom is 0.204 e. The molecule has 1 aliphatic heterocycles. The fourth-order valence-electron chi connectivity index (χ4n) is 1.70. The second-order valence-corrected chi connectivity index (χ2v) is 3.83. The number of hydrogen-bond donors (Lipinski definition) is 2. The molecule has 1 fully saturated rings. The third-order valence-corrected chi connectivity index (χ3v) is 3.01. The van der Waals surface area contributed by atoms with E-state index in [1.165, 1.54) is 0 Å². The van der Waals surface area contributed by atoms with Gasteiger partial charge in [0.25, 0.3) is 0 Å². The Kier molecular flexibility index (Phi) is 3.31. The molecule has 1 aromatic rings. The molecule has 1 heterocycles. The molecule has 82 valence electrons. The Morgan fingerprint density at radius 1 is 1.20 bits per heavy atom. The van der Waals surface area contributed by atoms with Gasteiger partial charge < -0.3 is 15.2 Å². The number of hydrogen-bond acceptors (Lipinski definition) is 4. The van der Waals surface area contributed by atoms with Crippen molar-refractivity contribution >= 4 is 12.6 Å². The monoisotopic (exact) mass is 225 g/mol. The molecule has 2 N–H and O–H groups in total. The summed E-state index contributed by atoms with van der Waals surface area (Å²) in [5, 5.41) is 0. The van der Waals surface area contributed by atoms with E-state index in [1.54, 1.807) is 0 Å². The molecule has 1 aromatic carbocycles. The van der Waals surface area contributed by atoms with Crippen LogP contribution in [0, 0.1) is 0 Å². The van der Waals surface area contributed by atoms with Gasteiger partial charge in [-0.25, -0.2) is 0 Å². The van der Waals surface area contributed by atoms with Crippen LogP contribution < -0.4 is 5.73 Å². The van der Waals surface area contributed by atoms with E-state index in [0.29, 0.717) is 25.5 Å². The van der Waals surface area contributed by atoms with Crippen molar-refractivity contribution in [2.75, 3.05) is 19.0 Å². The number of benzene rings is 1. The Labute approximate surface area is 95.0 Å². The zero-order valence-corrected chi connectivity index (χ0v) is 9.37. The lowest BCUT2D eigenvalue weighted by Crippen LogP contribution is -2.29. The second-order valence-electron chi connectivity index (χ2n) is 3.51. The highest BCUT2D eigenvalue weighted by molar-refractivity contribution is 7.80. The molecule has 1 saturated heterocycles. The van der Waals surface area contributed by atoms with Gasteiger partial charge in [0.05, 0.1) is 13.2 Å². The first kappa shape index (κ1) is 11.0. The summed E-state index contributed by atoms with van der Waals surface area (Å²) in [6.45, 7) is 1.80. The van der Waals surface area contributed by atoms with Gasteiger partial charge in [0.1, 0.15) is 0 Å². The van der Waals surface area contributed by atoms with Crippen LogP contribution in [0.4, 0.5) is 0 Å². The number of nitrogens with two attached hydrogens (primary N) is 1. The number of thiol groups is 1. The van der Waals surface area contributed by atoms with E-state index < -0.39 is 5.79 Å². The van der Waals surface area contributed by atoms with Gasteiger partial charge >= 0.3 is 0 Å². The summed E-state index contributed by atoms with van der Waals surface area (Å²) in [4.78, 5) is 0. The van der Waals surface area contributed by atoms with Crippen molar-refractivity contribution in [2.45, 2.75) is 12.3 Å². The van der Waals surface area contributed by atoms with Gasteiger partial charge in [-0.05, 0) is 5.56 Å². The predicted octanol–water partition coefficient (Wildman–Crippen LogP) is 1.27. The van der Waals surface area contributed by atoms with E-state index in [9.17, 15) is 0 Å². The normalized spacial score (nSPS) is 19.3. The van der Waals surface area contributed by atoms with Crippen LogP contribution in [0.5, 0.6) is 0 Å². The Hall–Kier alpha value is -0.550. The molecule has 1 aliphatic rings. The zero-order chi connectivity index (χ0) is 10.7. The van der Waals surface area contributed by atoms with E-state index in [4.69, 9.17) is 15.2 Å². The first-order valence-corrected chi connectivity index (χ1v) is 5.62. The lowest BCUT2D eigenvalue weighted by Gasteiger charge is -2.25. The molecular formula is C11H15NO2S. The summed E-state index contributed by atoms with van der Waals surface area (Å²) < 4.78 is 11.2. The quantitative estimate of drug-likeness (QED) is 0.762. The van der Waals surface area contributed by atoms with E-state index in [2.05, 4.69) is 12.6 Å². The smallest absolute Gasteiger partial charge is 0.204 e. The molecule has 0 atom stereocenters. The molecule has 0 aliphatic carbocycles. The molecular weight excluding hydrogens is 210 g/mol. The van der Waals surface area contributed by atoms with Crippen molar-refractivity contribution in [3.05, 3.63) is 35.4 Å². The third-order valence-electron chi connectivity index (χ3n) is 2.59. The fourth-order valence-corrected chi connectivity index (χ4v) is 2.06. The molecule has 0 bridgehead atoms. The van der Waals surface area contributed by atoms with Gasteiger partial charge in [0, 0.05) is 17.9 Å². The van der Waals surface area contributed by atoms with Crippen molar-refractivity contribution in [3.63, 3.8) is 0 Å². The highest BCUT2D eigenvalue weighted by Gasteiger charge is 2.36. The molecule has 0 amide bonds. The largest absolute Gasteiger partial charge is 0.343 e. The van der Waals surface area contributed by atoms with E-state index in [-0.39, 0.29) is 0 Å². The first-order valence-electron chi connectivity index (χ1n) is 4.99. The van der Waals surface area contributed by atoms with Crippen LogP contribution in [-0.4, -0.2) is 19.0 Å². The Balaban J connectivity index is 2.26. The minimum Gasteiger partial charge on any atom is -0.343 e. The highest BCUT2D eigenvalue weighted by atomic mass is 32.1. The summed E-state index contributed by atoms with van der Waals surface area (Å²) in [5.41, 5.74) is 7.65. The highest BCUT2D eigenvalue weighted by Crippen LogP contribution is 2.32. The first-order chi connectivity index (χ1) is 7.30. The number of rotatable bonds is 3. The Morgan fingerprint density at radius 3 is 2.27 bits per heavy atom. The third kappa shape index (κ3) is 2.03. The van der Waals surface area contributed by atoms with Gasteiger partial charge in [-0.3, -0.25) is 0 Å². The van der Waals surface area contributed by atoms with Crippen molar-refractivity contribution in [2.24, 2.45) is 5.73 Å². The SMILES string of the molecule is NCc1ccc(C2(CS)OCCO2)cc1. The molecule has 0 aromatic heterocycles. The maximum absolute atomic E-state index is 5.62. The molecule has 0 spiro atoms. The lowest BCUT2D eigenvalue weighted by atomic mass is 10.1. The van der Waals surface area contributed by atoms with Gasteiger partial charge in [0.2, 0.25) is 5.79 Å². The maximum atomic E-state index is 5.62. The van der Waals surface area contributed by atoms with Crippen molar-refractivity contribution in [1.82, 2.24) is 0 Å². The lowest BCUT2D eigenvalue weighted by molar-refractivity contribution is -0.145. The molecule has 2 rings (SSSR count). The molecule has 4 heteroatoms. The molecule has 0 unspecified atom stereocenters. The van der Waals surface area contributed by atoms with Crippen LogP contribution in [-0.2, 0) is 21.8 Å². The molecule has 3 nitrogen and oxygen atoms in total. The average molecular weight is 225 g/mol. The van der Waals surface area contributed by atoms with Crippen LogP contribution in [0.1, 0.15) is 11.1 Å². The fraction of sp³-hybridized carbons (Fsp3) is 0.455. The van der Waals surface area contributed by atoms with E-state index in [1.807, 2.05) is 24.3 Å². The van der Waals surface area contributed by atoms with Crippen LogP contribution in [0.2, 0.25) is 0 Å². The van der Waals surface area contributed by atoms with E-state index in [0.717, 1.165) is 11.1 Å². The molecule has 15 heavy (non-hydrogen) atoms. The van der Waals surface area contributed by atoms with Gasteiger partial charge in [0.15, 0.2) is 0 Å². The minimum atomic E-state index is -0.657. The summed E-state index contributed by atoms with van der Waals surface area (Å²) >= 11 is 4.29. The number of ether oxygens (including phenoxy) is 2. The topological polar surface area (TPSA) is 44.5 Å². The van der Waals surface area contributed by atoms with E-state index >= 15 is 0 Å². The zero-order valence-electron chi connectivity index (χ0n) is 8.48. The van der Waals surface area contributed by atoms with Gasteiger partial charge in [-0.1, -0.05) is 24.3 Å². The van der Waals surface area contributed by atoms with Crippen LogP contribution in [0.25, 0.3) is 0 Å². The predicted molar refractivity (Wildman–Crippen MR) is 61.8 cm³/mol. The van der Waals surface area contributed by atoms with Crippen molar-refractivity contribution in [3.8, 4) is 0 Å². The minimum absolute atomic E-state index is 0.523. The molecule has 0 saturated carbocycles. The summed E-state index contributed by atoms with van der Waals surface area (Å²) in [5.74, 6) is -0.134. The Morgan fingerprint density at radius 2 is 1.80 bits per heavy atom. The van der Waals surface area contributed by atoms with Crippen LogP contribution in [0.3, 0.4) is 0 Å². The van der Waals surface area contributed by atoms with Gasteiger partial charge in [-0.15, -0.1) is 0 Å². The van der Waals surface area contributed by atoms with Crippen LogP contribution >= 0.6 is 12.6 Å². The second kappa shape index (κ2) is 4.53. The average Bonchev–Trinajstić information content (AvgIpc) is 2.79. The standard InChI is InChI=1S/C11H15NO2S/c12-7-9-1-3-10(4-2-9)11(8-15)13-5-6-14-11/h1-4,15H,5-8,12H2. The molecule has 0 radical (unpaired) electrons. The van der Waals surface area contributed by atoms with Crippen molar-refractivity contribution in [1.29, 1.82) is 0 Å². The van der Waals surface area contributed by atoms with Crippen molar-refractivity contribution < 1.29 is 9.47 Å².